The molecule has 0 aliphatic heterocycles. The summed E-state index contributed by atoms with van der Waals surface area (Å²) < 4.78 is 30.9. The Morgan fingerprint density at radius 2 is 1.20 bits per heavy atom. The first-order chi connectivity index (χ1) is 12.0. The molecule has 0 radical (unpaired) electrons. The third-order valence-corrected chi connectivity index (χ3v) is 5.80. The van der Waals surface area contributed by atoms with Crippen LogP contribution in [0.4, 0.5) is 0 Å². The van der Waals surface area contributed by atoms with Crippen molar-refractivity contribution in [1.82, 2.24) is 0 Å². The first-order valence-corrected chi connectivity index (χ1v) is 11.9. The van der Waals surface area contributed by atoms with Crippen LogP contribution >= 0.6 is 0 Å². The summed E-state index contributed by atoms with van der Waals surface area (Å²) in [5.74, 6) is 0. The standard InChI is InChI=1S/C20H41NO3S/c1-2-3-4-5-6-7-8-9-10-11-12-13-14-15-16-17-18-20(19-21)25(22,23)24/h17-18,20H,2-16,19,21H2,1H3,(H,22,23,24)/b18-17+. The summed E-state index contributed by atoms with van der Waals surface area (Å²) >= 11 is 0. The Kier molecular flexibility index (Phi) is 16.8. The Bertz CT molecular complexity index is 407. The van der Waals surface area contributed by atoms with Crippen LogP contribution in [0.2, 0.25) is 0 Å². The summed E-state index contributed by atoms with van der Waals surface area (Å²) in [5.41, 5.74) is 5.33. The van der Waals surface area contributed by atoms with E-state index in [0.717, 1.165) is 12.8 Å². The van der Waals surface area contributed by atoms with E-state index in [0.29, 0.717) is 0 Å². The van der Waals surface area contributed by atoms with Crippen LogP contribution < -0.4 is 5.73 Å². The summed E-state index contributed by atoms with van der Waals surface area (Å²) in [6, 6.07) is 0. The largest absolute Gasteiger partial charge is 0.329 e. The molecule has 0 aromatic carbocycles. The first kappa shape index (κ1) is 24.6. The molecule has 0 heterocycles. The SMILES string of the molecule is CCCCCCCCCCCCCCCC/C=C/C(CN)S(=O)(=O)O. The molecule has 0 aliphatic rings. The maximum atomic E-state index is 11.0. The lowest BCUT2D eigenvalue weighted by Crippen LogP contribution is -2.27. The molecule has 0 bridgehead atoms. The molecule has 0 aliphatic carbocycles. The summed E-state index contributed by atoms with van der Waals surface area (Å²) in [7, 11) is -4.05. The number of allylic oxidation sites excluding steroid dienone is 1. The summed E-state index contributed by atoms with van der Waals surface area (Å²) in [6.07, 6.45) is 22.8. The lowest BCUT2D eigenvalue weighted by atomic mass is 10.0. The molecular weight excluding hydrogens is 334 g/mol. The Balaban J connectivity index is 3.31. The highest BCUT2D eigenvalue weighted by Gasteiger charge is 2.17. The Labute approximate surface area is 156 Å². The van der Waals surface area contributed by atoms with Crippen LogP contribution in [0.5, 0.6) is 0 Å². The van der Waals surface area contributed by atoms with Crippen molar-refractivity contribution in [3.05, 3.63) is 12.2 Å². The quantitative estimate of drug-likeness (QED) is 0.185. The fourth-order valence-electron chi connectivity index (χ4n) is 3.00. The van der Waals surface area contributed by atoms with Crippen molar-refractivity contribution in [2.75, 3.05) is 6.54 Å². The fourth-order valence-corrected chi connectivity index (χ4v) is 3.56. The van der Waals surface area contributed by atoms with Gasteiger partial charge in [0.2, 0.25) is 0 Å². The van der Waals surface area contributed by atoms with Gasteiger partial charge < -0.3 is 5.73 Å². The Morgan fingerprint density at radius 3 is 1.56 bits per heavy atom. The summed E-state index contributed by atoms with van der Waals surface area (Å²) in [5, 5.41) is -0.959. The minimum Gasteiger partial charge on any atom is -0.329 e. The average Bonchev–Trinajstić information content (AvgIpc) is 2.56. The second kappa shape index (κ2) is 17.0. The van der Waals surface area contributed by atoms with Gasteiger partial charge in [-0.15, -0.1) is 0 Å². The van der Waals surface area contributed by atoms with E-state index < -0.39 is 15.4 Å². The molecule has 1 unspecified atom stereocenters. The molecule has 4 nitrogen and oxygen atoms in total. The van der Waals surface area contributed by atoms with Gasteiger partial charge in [-0.25, -0.2) is 0 Å². The molecule has 5 heteroatoms. The van der Waals surface area contributed by atoms with Crippen LogP contribution in [0.1, 0.15) is 103 Å². The van der Waals surface area contributed by atoms with Crippen molar-refractivity contribution in [2.45, 2.75) is 108 Å². The Morgan fingerprint density at radius 1 is 0.800 bits per heavy atom. The molecule has 0 aromatic heterocycles. The molecule has 0 spiro atoms. The van der Waals surface area contributed by atoms with Crippen molar-refractivity contribution in [1.29, 1.82) is 0 Å². The van der Waals surface area contributed by atoms with E-state index in [2.05, 4.69) is 6.92 Å². The molecule has 0 amide bonds. The van der Waals surface area contributed by atoms with E-state index in [4.69, 9.17) is 10.3 Å². The van der Waals surface area contributed by atoms with Gasteiger partial charge in [0, 0.05) is 6.54 Å². The molecular formula is C20H41NO3S. The number of nitrogens with two attached hydrogens (primary N) is 1. The third kappa shape index (κ3) is 16.8. The van der Waals surface area contributed by atoms with Gasteiger partial charge in [0.1, 0.15) is 5.25 Å². The van der Waals surface area contributed by atoms with Gasteiger partial charge in [-0.2, -0.15) is 8.42 Å². The molecule has 0 fully saturated rings. The highest BCUT2D eigenvalue weighted by atomic mass is 32.2. The number of unbranched alkanes of at least 4 members (excludes halogenated alkanes) is 14. The monoisotopic (exact) mass is 375 g/mol. The number of hydrogen-bond donors (Lipinski definition) is 2. The van der Waals surface area contributed by atoms with Crippen LogP contribution in [0.25, 0.3) is 0 Å². The van der Waals surface area contributed by atoms with Gasteiger partial charge in [-0.3, -0.25) is 4.55 Å². The number of hydrogen-bond acceptors (Lipinski definition) is 3. The van der Waals surface area contributed by atoms with Gasteiger partial charge in [0.05, 0.1) is 0 Å². The molecule has 0 saturated carbocycles. The molecule has 150 valence electrons. The highest BCUT2D eigenvalue weighted by Crippen LogP contribution is 2.13. The summed E-state index contributed by atoms with van der Waals surface area (Å²) in [4.78, 5) is 0. The predicted molar refractivity (Wildman–Crippen MR) is 108 cm³/mol. The molecule has 3 N–H and O–H groups in total. The van der Waals surface area contributed by atoms with Crippen molar-refractivity contribution in [3.8, 4) is 0 Å². The first-order valence-electron chi connectivity index (χ1n) is 10.4. The van der Waals surface area contributed by atoms with E-state index in [-0.39, 0.29) is 6.54 Å². The number of rotatable bonds is 18. The topological polar surface area (TPSA) is 80.4 Å². The lowest BCUT2D eigenvalue weighted by molar-refractivity contribution is 0.475. The van der Waals surface area contributed by atoms with E-state index in [1.807, 2.05) is 6.08 Å². The minimum atomic E-state index is -4.05. The minimum absolute atomic E-state index is 0.0753. The van der Waals surface area contributed by atoms with Crippen LogP contribution in [0.15, 0.2) is 12.2 Å². The Hall–Kier alpha value is -0.390. The normalized spacial score (nSPS) is 13.6. The summed E-state index contributed by atoms with van der Waals surface area (Å²) in [6.45, 7) is 2.19. The van der Waals surface area contributed by atoms with Crippen molar-refractivity contribution in [3.63, 3.8) is 0 Å². The van der Waals surface area contributed by atoms with Gasteiger partial charge in [-0.05, 0) is 12.8 Å². The third-order valence-electron chi connectivity index (χ3n) is 4.69. The lowest BCUT2D eigenvalue weighted by Gasteiger charge is -2.05. The van der Waals surface area contributed by atoms with Gasteiger partial charge >= 0.3 is 0 Å². The zero-order valence-corrected chi connectivity index (χ0v) is 17.1. The van der Waals surface area contributed by atoms with Gasteiger partial charge in [0.25, 0.3) is 10.1 Å². The van der Waals surface area contributed by atoms with Gasteiger partial charge in [0.15, 0.2) is 0 Å². The molecule has 1 atom stereocenters. The zero-order valence-electron chi connectivity index (χ0n) is 16.3. The van der Waals surface area contributed by atoms with E-state index in [9.17, 15) is 8.42 Å². The van der Waals surface area contributed by atoms with Crippen LogP contribution in [0.3, 0.4) is 0 Å². The maximum Gasteiger partial charge on any atom is 0.272 e. The van der Waals surface area contributed by atoms with Crippen LogP contribution in [-0.4, -0.2) is 24.8 Å². The van der Waals surface area contributed by atoms with E-state index in [1.165, 1.54) is 89.5 Å². The van der Waals surface area contributed by atoms with Crippen molar-refractivity contribution < 1.29 is 13.0 Å². The van der Waals surface area contributed by atoms with Crippen molar-refractivity contribution >= 4 is 10.1 Å². The van der Waals surface area contributed by atoms with E-state index >= 15 is 0 Å². The van der Waals surface area contributed by atoms with E-state index in [1.54, 1.807) is 0 Å². The molecule has 0 aromatic rings. The smallest absolute Gasteiger partial charge is 0.272 e. The fraction of sp³-hybridized carbons (Fsp3) is 0.900. The predicted octanol–water partition coefficient (Wildman–Crippen LogP) is 5.63. The van der Waals surface area contributed by atoms with Gasteiger partial charge in [-0.1, -0.05) is 103 Å². The van der Waals surface area contributed by atoms with Crippen molar-refractivity contribution in [2.24, 2.45) is 5.73 Å². The molecule has 0 saturated heterocycles. The zero-order chi connectivity index (χ0) is 18.8. The average molecular weight is 376 g/mol. The second-order valence-corrected chi connectivity index (χ2v) is 8.74. The van der Waals surface area contributed by atoms with Crippen LogP contribution in [-0.2, 0) is 10.1 Å². The molecule has 25 heavy (non-hydrogen) atoms. The molecule has 0 rings (SSSR count). The highest BCUT2D eigenvalue weighted by molar-refractivity contribution is 7.86. The second-order valence-electron chi connectivity index (χ2n) is 7.10. The maximum absolute atomic E-state index is 11.0. The van der Waals surface area contributed by atoms with Crippen LogP contribution in [0, 0.1) is 0 Å².